The normalized spacial score (nSPS) is 12.4. The Hall–Kier alpha value is -3.14. The predicted octanol–water partition coefficient (Wildman–Crippen LogP) is 4.15. The number of aromatic nitrogens is 2. The molecule has 0 aliphatic carbocycles. The highest BCUT2D eigenvalue weighted by Gasteiger charge is 2.16. The second-order valence-electron chi connectivity index (χ2n) is 6.67. The maximum atomic E-state index is 12.5. The summed E-state index contributed by atoms with van der Waals surface area (Å²) in [5.74, 6) is 0.859. The molecule has 0 aliphatic rings. The van der Waals surface area contributed by atoms with E-state index in [0.717, 1.165) is 27.8 Å². The molecule has 1 N–H and O–H groups in total. The summed E-state index contributed by atoms with van der Waals surface area (Å²) in [4.78, 5) is 17.2. The summed E-state index contributed by atoms with van der Waals surface area (Å²) < 4.78 is 2.04. The van der Waals surface area contributed by atoms with E-state index in [9.17, 15) is 4.79 Å². The van der Waals surface area contributed by atoms with Crippen LogP contribution in [0.15, 0.2) is 66.7 Å². The molecule has 1 heterocycles. The van der Waals surface area contributed by atoms with Crippen molar-refractivity contribution in [1.29, 1.82) is 0 Å². The van der Waals surface area contributed by atoms with Crippen molar-refractivity contribution in [1.82, 2.24) is 14.9 Å². The Bertz CT molecular complexity index is 1100. The van der Waals surface area contributed by atoms with Crippen LogP contribution in [0.5, 0.6) is 0 Å². The molecule has 3 aromatic carbocycles. The van der Waals surface area contributed by atoms with Crippen molar-refractivity contribution in [3.63, 3.8) is 0 Å². The smallest absolute Gasteiger partial charge is 0.224 e. The van der Waals surface area contributed by atoms with E-state index < -0.39 is 0 Å². The van der Waals surface area contributed by atoms with Gasteiger partial charge in [0.15, 0.2) is 0 Å². The molecule has 1 unspecified atom stereocenters. The molecule has 1 atom stereocenters. The average molecular weight is 343 g/mol. The summed E-state index contributed by atoms with van der Waals surface area (Å²) in [7, 11) is 1.98. The quantitative estimate of drug-likeness (QED) is 0.605. The number of benzene rings is 3. The highest BCUT2D eigenvalue weighted by atomic mass is 16.1. The van der Waals surface area contributed by atoms with Crippen LogP contribution >= 0.6 is 0 Å². The van der Waals surface area contributed by atoms with Crippen molar-refractivity contribution in [3.05, 3.63) is 78.1 Å². The molecule has 0 aliphatic heterocycles. The lowest BCUT2D eigenvalue weighted by molar-refractivity contribution is -0.121. The number of aryl methyl sites for hydroxylation is 1. The van der Waals surface area contributed by atoms with E-state index in [4.69, 9.17) is 0 Å². The molecule has 130 valence electrons. The molecule has 0 radical (unpaired) electrons. The van der Waals surface area contributed by atoms with E-state index in [1.165, 1.54) is 5.39 Å². The third-order valence-electron chi connectivity index (χ3n) is 4.77. The summed E-state index contributed by atoms with van der Waals surface area (Å²) in [6.45, 7) is 1.97. The molecule has 0 fully saturated rings. The fourth-order valence-corrected chi connectivity index (χ4v) is 3.44. The second-order valence-corrected chi connectivity index (χ2v) is 6.67. The van der Waals surface area contributed by atoms with Gasteiger partial charge in [-0.2, -0.15) is 0 Å². The molecule has 26 heavy (non-hydrogen) atoms. The van der Waals surface area contributed by atoms with Crippen LogP contribution in [0.4, 0.5) is 0 Å². The summed E-state index contributed by atoms with van der Waals surface area (Å²) in [6.07, 6.45) is 0.360. The maximum absolute atomic E-state index is 12.5. The summed E-state index contributed by atoms with van der Waals surface area (Å²) >= 11 is 0. The fraction of sp³-hybridized carbons (Fsp3) is 0.182. The van der Waals surface area contributed by atoms with E-state index in [1.807, 2.05) is 61.0 Å². The standard InChI is InChI=1S/C22H21N3O/c1-15(22-24-19-9-5-6-10-20(19)25(22)2)23-21(26)14-16-11-12-17-7-3-4-8-18(17)13-16/h3-13,15H,14H2,1-2H3,(H,23,26). The highest BCUT2D eigenvalue weighted by Crippen LogP contribution is 2.20. The SMILES string of the molecule is CC(NC(=O)Cc1ccc2ccccc2c1)c1nc2ccccc2n1C. The first-order valence-electron chi connectivity index (χ1n) is 8.80. The lowest BCUT2D eigenvalue weighted by Crippen LogP contribution is -2.29. The molecular formula is C22H21N3O. The zero-order valence-electron chi connectivity index (χ0n) is 14.9. The van der Waals surface area contributed by atoms with Crippen molar-refractivity contribution in [3.8, 4) is 0 Å². The van der Waals surface area contributed by atoms with Crippen molar-refractivity contribution < 1.29 is 4.79 Å². The van der Waals surface area contributed by atoms with Crippen molar-refractivity contribution in [2.45, 2.75) is 19.4 Å². The van der Waals surface area contributed by atoms with Crippen molar-refractivity contribution >= 4 is 27.7 Å². The molecule has 0 saturated carbocycles. The average Bonchev–Trinajstić information content (AvgIpc) is 2.99. The third-order valence-corrected chi connectivity index (χ3v) is 4.77. The van der Waals surface area contributed by atoms with Gasteiger partial charge in [0.25, 0.3) is 0 Å². The topological polar surface area (TPSA) is 46.9 Å². The van der Waals surface area contributed by atoms with Gasteiger partial charge in [0.05, 0.1) is 23.5 Å². The number of carbonyl (C=O) groups excluding carboxylic acids is 1. The number of carbonyl (C=O) groups is 1. The van der Waals surface area contributed by atoms with E-state index in [0.29, 0.717) is 6.42 Å². The van der Waals surface area contributed by atoms with E-state index in [-0.39, 0.29) is 11.9 Å². The fourth-order valence-electron chi connectivity index (χ4n) is 3.44. The third kappa shape index (κ3) is 3.06. The van der Waals surface area contributed by atoms with Gasteiger partial charge in [-0.1, -0.05) is 54.6 Å². The Morgan fingerprint density at radius 2 is 1.77 bits per heavy atom. The van der Waals surface area contributed by atoms with Gasteiger partial charge in [0.1, 0.15) is 5.82 Å². The van der Waals surface area contributed by atoms with Gasteiger partial charge in [-0.05, 0) is 35.4 Å². The number of hydrogen-bond acceptors (Lipinski definition) is 2. The molecule has 0 bridgehead atoms. The minimum Gasteiger partial charge on any atom is -0.346 e. The van der Waals surface area contributed by atoms with Crippen molar-refractivity contribution in [2.24, 2.45) is 7.05 Å². The minimum absolute atomic E-state index is 0.000151. The molecular weight excluding hydrogens is 322 g/mol. The largest absolute Gasteiger partial charge is 0.346 e. The van der Waals surface area contributed by atoms with E-state index in [1.54, 1.807) is 0 Å². The number of nitrogens with one attached hydrogen (secondary N) is 1. The first-order valence-corrected chi connectivity index (χ1v) is 8.80. The Morgan fingerprint density at radius 1 is 1.04 bits per heavy atom. The van der Waals surface area contributed by atoms with Crippen LogP contribution in [0.1, 0.15) is 24.4 Å². The monoisotopic (exact) mass is 343 g/mol. The molecule has 0 saturated heterocycles. The number of amides is 1. The molecule has 0 spiro atoms. The van der Waals surface area contributed by atoms with Gasteiger partial charge in [-0.3, -0.25) is 4.79 Å². The minimum atomic E-state index is -0.152. The summed E-state index contributed by atoms with van der Waals surface area (Å²) in [6, 6.07) is 22.2. The van der Waals surface area contributed by atoms with Crippen LogP contribution in [0.25, 0.3) is 21.8 Å². The van der Waals surface area contributed by atoms with Crippen LogP contribution < -0.4 is 5.32 Å². The zero-order chi connectivity index (χ0) is 18.1. The van der Waals surface area contributed by atoms with Gasteiger partial charge in [0, 0.05) is 7.05 Å². The highest BCUT2D eigenvalue weighted by molar-refractivity contribution is 5.85. The number of fused-ring (bicyclic) bond motifs is 2. The molecule has 4 nitrogen and oxygen atoms in total. The number of rotatable bonds is 4. The molecule has 4 rings (SSSR count). The lowest BCUT2D eigenvalue weighted by atomic mass is 10.0. The number of imidazole rings is 1. The van der Waals surface area contributed by atoms with Crippen molar-refractivity contribution in [2.75, 3.05) is 0 Å². The molecule has 1 amide bonds. The van der Waals surface area contributed by atoms with Crippen LogP contribution in [0.2, 0.25) is 0 Å². The Balaban J connectivity index is 1.50. The van der Waals surface area contributed by atoms with Crippen LogP contribution in [0.3, 0.4) is 0 Å². The zero-order valence-corrected chi connectivity index (χ0v) is 14.9. The first kappa shape index (κ1) is 16.3. The first-order chi connectivity index (χ1) is 12.6. The maximum Gasteiger partial charge on any atom is 0.224 e. The van der Waals surface area contributed by atoms with Gasteiger partial charge >= 0.3 is 0 Å². The van der Waals surface area contributed by atoms with Crippen LogP contribution in [-0.4, -0.2) is 15.5 Å². The second kappa shape index (κ2) is 6.64. The van der Waals surface area contributed by atoms with Crippen LogP contribution in [-0.2, 0) is 18.3 Å². The van der Waals surface area contributed by atoms with Gasteiger partial charge in [-0.15, -0.1) is 0 Å². The summed E-state index contributed by atoms with van der Waals surface area (Å²) in [5, 5.41) is 5.41. The van der Waals surface area contributed by atoms with Gasteiger partial charge in [-0.25, -0.2) is 4.98 Å². The number of nitrogens with zero attached hydrogens (tertiary/aromatic N) is 2. The Kier molecular flexibility index (Phi) is 4.17. The van der Waals surface area contributed by atoms with Gasteiger partial charge in [0.2, 0.25) is 5.91 Å². The molecule has 4 aromatic rings. The molecule has 1 aromatic heterocycles. The number of hydrogen-bond donors (Lipinski definition) is 1. The van der Waals surface area contributed by atoms with E-state index >= 15 is 0 Å². The van der Waals surface area contributed by atoms with E-state index in [2.05, 4.69) is 34.6 Å². The Morgan fingerprint density at radius 3 is 2.58 bits per heavy atom. The Labute approximate surface area is 152 Å². The number of para-hydroxylation sites is 2. The lowest BCUT2D eigenvalue weighted by Gasteiger charge is -2.14. The predicted molar refractivity (Wildman–Crippen MR) is 105 cm³/mol. The van der Waals surface area contributed by atoms with Crippen LogP contribution in [0, 0.1) is 0 Å². The van der Waals surface area contributed by atoms with Gasteiger partial charge < -0.3 is 9.88 Å². The summed E-state index contributed by atoms with van der Waals surface area (Å²) in [5.41, 5.74) is 3.03. The molecule has 4 heteroatoms.